The Balaban J connectivity index is 1.58. The molecular weight excluding hydrogens is 400 g/mol. The van der Waals surface area contributed by atoms with Crippen LogP contribution in [0.1, 0.15) is 64.2 Å². The molecule has 3 aromatic heterocycles. The van der Waals surface area contributed by atoms with Gasteiger partial charge in [-0.2, -0.15) is 10.3 Å². The van der Waals surface area contributed by atoms with Gasteiger partial charge in [0.05, 0.1) is 5.69 Å². The first kappa shape index (κ1) is 21.8. The molecule has 8 nitrogen and oxygen atoms in total. The van der Waals surface area contributed by atoms with Crippen molar-refractivity contribution in [2.24, 2.45) is 0 Å². The number of H-pyrrole nitrogens is 1. The first-order valence-corrected chi connectivity index (χ1v) is 11.2. The molecule has 0 saturated heterocycles. The minimum atomic E-state index is -0.0703. The first-order chi connectivity index (χ1) is 15.5. The topological polar surface area (TPSA) is 98.1 Å². The molecule has 0 aliphatic rings. The van der Waals surface area contributed by atoms with E-state index in [1.165, 1.54) is 18.4 Å². The number of unbranched alkanes of at least 4 members (excludes halogenated alkanes) is 2. The van der Waals surface area contributed by atoms with Crippen LogP contribution >= 0.6 is 0 Å². The molecule has 0 fully saturated rings. The van der Waals surface area contributed by atoms with Crippen LogP contribution in [-0.2, 0) is 18.4 Å². The number of pyridine rings is 1. The van der Waals surface area contributed by atoms with E-state index in [0.717, 1.165) is 47.9 Å². The number of aromatic nitrogens is 8. The van der Waals surface area contributed by atoms with E-state index in [2.05, 4.69) is 82.3 Å². The molecule has 1 N–H and O–H groups in total. The first-order valence-electron chi connectivity index (χ1n) is 11.2. The third kappa shape index (κ3) is 4.90. The second kappa shape index (κ2) is 9.38. The predicted octanol–water partition coefficient (Wildman–Crippen LogP) is 4.60. The Bertz CT molecular complexity index is 1140. The van der Waals surface area contributed by atoms with Crippen molar-refractivity contribution in [3.63, 3.8) is 0 Å². The number of hydrogen-bond donors (Lipinski definition) is 1. The third-order valence-electron chi connectivity index (χ3n) is 5.38. The Labute approximate surface area is 188 Å². The number of hydrogen-bond acceptors (Lipinski definition) is 6. The highest BCUT2D eigenvalue weighted by Gasteiger charge is 2.22. The summed E-state index contributed by atoms with van der Waals surface area (Å²) in [5, 5.41) is 19.2. The molecule has 1 aromatic carbocycles. The highest BCUT2D eigenvalue weighted by Crippen LogP contribution is 2.28. The third-order valence-corrected chi connectivity index (χ3v) is 5.38. The molecule has 0 unspecified atom stereocenters. The zero-order chi connectivity index (χ0) is 22.6. The maximum atomic E-state index is 4.90. The molecule has 0 atom stereocenters. The van der Waals surface area contributed by atoms with Gasteiger partial charge in [0.25, 0.3) is 0 Å². The van der Waals surface area contributed by atoms with Gasteiger partial charge in [-0.3, -0.25) is 4.98 Å². The highest BCUT2D eigenvalue weighted by atomic mass is 15.5. The van der Waals surface area contributed by atoms with E-state index in [9.17, 15) is 0 Å². The summed E-state index contributed by atoms with van der Waals surface area (Å²) >= 11 is 0. The van der Waals surface area contributed by atoms with E-state index in [1.807, 2.05) is 12.1 Å². The van der Waals surface area contributed by atoms with E-state index in [0.29, 0.717) is 5.82 Å². The molecule has 8 heteroatoms. The van der Waals surface area contributed by atoms with Crippen LogP contribution in [0.15, 0.2) is 42.6 Å². The van der Waals surface area contributed by atoms with Gasteiger partial charge in [0.15, 0.2) is 5.82 Å². The van der Waals surface area contributed by atoms with E-state index in [4.69, 9.17) is 10.1 Å². The second-order valence-corrected chi connectivity index (χ2v) is 9.04. The molecular formula is C24H30N8. The fraction of sp³-hybridized carbons (Fsp3) is 0.417. The summed E-state index contributed by atoms with van der Waals surface area (Å²) in [5.74, 6) is 2.45. The van der Waals surface area contributed by atoms with Gasteiger partial charge in [-0.15, -0.1) is 10.2 Å². The highest BCUT2D eigenvalue weighted by molar-refractivity contribution is 5.76. The normalized spacial score (nSPS) is 11.8. The number of rotatable bonds is 8. The molecule has 4 aromatic rings. The monoisotopic (exact) mass is 430 g/mol. The Morgan fingerprint density at radius 1 is 1.03 bits per heavy atom. The van der Waals surface area contributed by atoms with Gasteiger partial charge in [0, 0.05) is 35.7 Å². The number of nitrogens with one attached hydrogen (secondary N) is 1. The second-order valence-electron chi connectivity index (χ2n) is 9.04. The molecule has 0 aliphatic carbocycles. The largest absolute Gasteiger partial charge is 0.255 e. The summed E-state index contributed by atoms with van der Waals surface area (Å²) in [6.45, 7) is 9.60. The summed E-state index contributed by atoms with van der Waals surface area (Å²) in [6.07, 6.45) is 6.03. The average molecular weight is 431 g/mol. The van der Waals surface area contributed by atoms with Crippen molar-refractivity contribution < 1.29 is 0 Å². The van der Waals surface area contributed by atoms with Crippen LogP contribution in [0.3, 0.4) is 0 Å². The molecule has 166 valence electrons. The van der Waals surface area contributed by atoms with Gasteiger partial charge in [-0.05, 0) is 29.3 Å². The lowest BCUT2D eigenvalue weighted by molar-refractivity contribution is 0.503. The molecule has 4 rings (SSSR count). The van der Waals surface area contributed by atoms with Crippen LogP contribution in [-0.4, -0.2) is 40.4 Å². The van der Waals surface area contributed by atoms with E-state index < -0.39 is 0 Å². The summed E-state index contributed by atoms with van der Waals surface area (Å²) in [4.78, 5) is 9.45. The van der Waals surface area contributed by atoms with E-state index in [-0.39, 0.29) is 5.41 Å². The fourth-order valence-electron chi connectivity index (χ4n) is 3.57. The number of benzene rings is 1. The minimum absolute atomic E-state index is 0.0703. The SMILES string of the molecule is CCCCCn1nc(C(C)(C)C)nc1Cc1ccc(-c2ncccc2-c2nn[nH]n2)cc1. The van der Waals surface area contributed by atoms with Crippen molar-refractivity contribution in [2.75, 3.05) is 0 Å². The fourth-order valence-corrected chi connectivity index (χ4v) is 3.57. The number of aryl methyl sites for hydroxylation is 1. The summed E-state index contributed by atoms with van der Waals surface area (Å²) in [6, 6.07) is 12.3. The predicted molar refractivity (Wildman–Crippen MR) is 124 cm³/mol. The van der Waals surface area contributed by atoms with Crippen LogP contribution in [0.4, 0.5) is 0 Å². The van der Waals surface area contributed by atoms with Gasteiger partial charge in [-0.1, -0.05) is 64.8 Å². The molecule has 0 amide bonds. The Morgan fingerprint density at radius 3 is 2.53 bits per heavy atom. The van der Waals surface area contributed by atoms with Crippen LogP contribution in [0.2, 0.25) is 0 Å². The lowest BCUT2D eigenvalue weighted by Gasteiger charge is -2.12. The van der Waals surface area contributed by atoms with Crippen LogP contribution in [0, 0.1) is 0 Å². The van der Waals surface area contributed by atoms with Crippen molar-refractivity contribution in [1.82, 2.24) is 40.4 Å². The van der Waals surface area contributed by atoms with Crippen molar-refractivity contribution in [3.8, 4) is 22.6 Å². The van der Waals surface area contributed by atoms with E-state index in [1.54, 1.807) is 6.20 Å². The van der Waals surface area contributed by atoms with Gasteiger partial charge >= 0.3 is 0 Å². The smallest absolute Gasteiger partial charge is 0.206 e. The number of tetrazole rings is 1. The van der Waals surface area contributed by atoms with Crippen molar-refractivity contribution in [2.45, 2.75) is 65.3 Å². The molecule has 32 heavy (non-hydrogen) atoms. The van der Waals surface area contributed by atoms with Crippen molar-refractivity contribution in [3.05, 3.63) is 59.8 Å². The number of aromatic amines is 1. The van der Waals surface area contributed by atoms with Gasteiger partial charge < -0.3 is 0 Å². The van der Waals surface area contributed by atoms with Crippen molar-refractivity contribution in [1.29, 1.82) is 0 Å². The molecule has 0 saturated carbocycles. The average Bonchev–Trinajstić information content (AvgIpc) is 3.45. The van der Waals surface area contributed by atoms with Gasteiger partial charge in [-0.25, -0.2) is 9.67 Å². The Kier molecular flexibility index (Phi) is 6.39. The van der Waals surface area contributed by atoms with E-state index >= 15 is 0 Å². The zero-order valence-corrected chi connectivity index (χ0v) is 19.2. The van der Waals surface area contributed by atoms with Gasteiger partial charge in [0.1, 0.15) is 5.82 Å². The summed E-state index contributed by atoms with van der Waals surface area (Å²) < 4.78 is 2.09. The number of nitrogens with zero attached hydrogens (tertiary/aromatic N) is 7. The summed E-state index contributed by atoms with van der Waals surface area (Å²) in [7, 11) is 0. The molecule has 3 heterocycles. The minimum Gasteiger partial charge on any atom is -0.255 e. The molecule has 0 bridgehead atoms. The maximum Gasteiger partial charge on any atom is 0.206 e. The van der Waals surface area contributed by atoms with Crippen LogP contribution in [0.5, 0.6) is 0 Å². The Hall–Kier alpha value is -3.42. The standard InChI is InChI=1S/C24H30N8/c1-5-6-7-15-32-20(26-23(29-32)24(2,3)4)16-17-10-12-18(13-11-17)21-19(9-8-14-25-21)22-27-30-31-28-22/h8-14H,5-7,15-16H2,1-4H3,(H,27,28,30,31). The Morgan fingerprint density at radius 2 is 1.84 bits per heavy atom. The van der Waals surface area contributed by atoms with Crippen LogP contribution < -0.4 is 0 Å². The molecule has 0 spiro atoms. The lowest BCUT2D eigenvalue weighted by Crippen LogP contribution is -2.14. The van der Waals surface area contributed by atoms with Crippen LogP contribution in [0.25, 0.3) is 22.6 Å². The lowest BCUT2D eigenvalue weighted by atomic mass is 9.96. The van der Waals surface area contributed by atoms with Crippen molar-refractivity contribution >= 4 is 0 Å². The summed E-state index contributed by atoms with van der Waals surface area (Å²) in [5.41, 5.74) is 3.81. The zero-order valence-electron chi connectivity index (χ0n) is 19.2. The maximum absolute atomic E-state index is 4.90. The molecule has 0 aliphatic heterocycles. The van der Waals surface area contributed by atoms with Gasteiger partial charge in [0.2, 0.25) is 5.82 Å². The quantitative estimate of drug-likeness (QED) is 0.410. The molecule has 0 radical (unpaired) electrons.